The molecule has 136 valence electrons. The minimum atomic E-state index is -0.328. The van der Waals surface area contributed by atoms with Crippen molar-refractivity contribution in [1.82, 2.24) is 13.7 Å². The zero-order chi connectivity index (χ0) is 19.1. The maximum atomic E-state index is 13.0. The molecule has 5 nitrogen and oxygen atoms in total. The Bertz CT molecular complexity index is 1240. The number of nitrogens with zero attached hydrogens (tertiary/aromatic N) is 3. The first-order valence-corrected chi connectivity index (χ1v) is 8.98. The summed E-state index contributed by atoms with van der Waals surface area (Å²) in [6, 6.07) is 18.1. The van der Waals surface area contributed by atoms with Crippen LogP contribution in [0.1, 0.15) is 12.5 Å². The molecule has 4 rings (SSSR count). The van der Waals surface area contributed by atoms with Crippen LogP contribution in [0.25, 0.3) is 27.8 Å². The third kappa shape index (κ3) is 2.63. The molecule has 0 atom stereocenters. The molecule has 2 heterocycles. The number of aromatic nitrogens is 3. The Morgan fingerprint density at radius 3 is 2.15 bits per heavy atom. The molecule has 27 heavy (non-hydrogen) atoms. The lowest BCUT2D eigenvalue weighted by atomic mass is 10.1. The van der Waals surface area contributed by atoms with E-state index in [1.165, 1.54) is 21.7 Å². The van der Waals surface area contributed by atoms with Crippen LogP contribution in [0.4, 0.5) is 0 Å². The quantitative estimate of drug-likeness (QED) is 0.564. The minimum Gasteiger partial charge on any atom is -0.314 e. The van der Waals surface area contributed by atoms with E-state index < -0.39 is 0 Å². The van der Waals surface area contributed by atoms with Crippen molar-refractivity contribution < 1.29 is 0 Å². The lowest BCUT2D eigenvalue weighted by molar-refractivity contribution is 0.714. The molecule has 0 aliphatic heterocycles. The Kier molecular flexibility index (Phi) is 4.07. The van der Waals surface area contributed by atoms with Crippen LogP contribution in [-0.4, -0.2) is 13.7 Å². The van der Waals surface area contributed by atoms with Gasteiger partial charge >= 0.3 is 5.69 Å². The van der Waals surface area contributed by atoms with Gasteiger partial charge in [-0.15, -0.1) is 0 Å². The molecule has 0 bridgehead atoms. The molecule has 4 aromatic rings. The fraction of sp³-hybridized carbons (Fsp3) is 0.182. The molecule has 5 heteroatoms. The Hall–Kier alpha value is -3.34. The Morgan fingerprint density at radius 2 is 1.52 bits per heavy atom. The third-order valence-electron chi connectivity index (χ3n) is 5.11. The average molecular weight is 359 g/mol. The molecule has 0 amide bonds. The number of hydrogen-bond donors (Lipinski definition) is 0. The topological polar surface area (TPSA) is 48.9 Å². The van der Waals surface area contributed by atoms with Crippen molar-refractivity contribution in [3.8, 4) is 16.9 Å². The number of benzene rings is 2. The normalized spacial score (nSPS) is 11.2. The lowest BCUT2D eigenvalue weighted by Gasteiger charge is -2.10. The number of fused-ring (bicyclic) bond motifs is 1. The van der Waals surface area contributed by atoms with E-state index in [9.17, 15) is 9.59 Å². The van der Waals surface area contributed by atoms with Crippen molar-refractivity contribution in [3.05, 3.63) is 87.2 Å². The second-order valence-electron chi connectivity index (χ2n) is 6.70. The van der Waals surface area contributed by atoms with Crippen LogP contribution in [0.15, 0.2) is 70.4 Å². The maximum absolute atomic E-state index is 13.0. The minimum absolute atomic E-state index is 0.282. The number of aryl methyl sites for hydroxylation is 2. The van der Waals surface area contributed by atoms with Crippen LogP contribution in [0.3, 0.4) is 0 Å². The molecular formula is C22H21N3O2. The molecule has 2 aromatic carbocycles. The summed E-state index contributed by atoms with van der Waals surface area (Å²) in [5, 5.41) is 0.547. The van der Waals surface area contributed by atoms with E-state index in [0.717, 1.165) is 23.4 Å². The van der Waals surface area contributed by atoms with E-state index in [-0.39, 0.29) is 11.2 Å². The Morgan fingerprint density at radius 1 is 0.852 bits per heavy atom. The monoisotopic (exact) mass is 359 g/mol. The van der Waals surface area contributed by atoms with Gasteiger partial charge in [0.25, 0.3) is 5.56 Å². The first kappa shape index (κ1) is 17.1. The predicted molar refractivity (Wildman–Crippen MR) is 109 cm³/mol. The fourth-order valence-electron chi connectivity index (χ4n) is 3.52. The highest BCUT2D eigenvalue weighted by molar-refractivity contribution is 5.94. The SMILES string of the molecule is CCc1ccc(-n2cc3c(c2-c2ccccc2)c(=O)n(C)c(=O)n3C)cc1. The summed E-state index contributed by atoms with van der Waals surface area (Å²) in [5.74, 6) is 0. The molecule has 0 N–H and O–H groups in total. The van der Waals surface area contributed by atoms with Crippen LogP contribution in [0.2, 0.25) is 0 Å². The second-order valence-corrected chi connectivity index (χ2v) is 6.70. The van der Waals surface area contributed by atoms with Crippen LogP contribution < -0.4 is 11.2 Å². The molecular weight excluding hydrogens is 338 g/mol. The molecule has 0 saturated heterocycles. The molecule has 0 radical (unpaired) electrons. The van der Waals surface area contributed by atoms with Crippen LogP contribution >= 0.6 is 0 Å². The average Bonchev–Trinajstić information content (AvgIpc) is 3.12. The summed E-state index contributed by atoms with van der Waals surface area (Å²) in [7, 11) is 3.22. The summed E-state index contributed by atoms with van der Waals surface area (Å²) in [5.41, 5.74) is 3.95. The molecule has 0 aliphatic rings. The van der Waals surface area contributed by atoms with Gasteiger partial charge < -0.3 is 4.57 Å². The van der Waals surface area contributed by atoms with E-state index in [2.05, 4.69) is 19.1 Å². The summed E-state index contributed by atoms with van der Waals surface area (Å²) < 4.78 is 4.69. The van der Waals surface area contributed by atoms with Gasteiger partial charge in [-0.3, -0.25) is 13.9 Å². The first-order chi connectivity index (χ1) is 13.0. The van der Waals surface area contributed by atoms with E-state index in [0.29, 0.717) is 10.9 Å². The molecule has 0 saturated carbocycles. The molecule has 0 fully saturated rings. The first-order valence-electron chi connectivity index (χ1n) is 8.98. The number of rotatable bonds is 3. The van der Waals surface area contributed by atoms with Gasteiger partial charge in [-0.1, -0.05) is 49.4 Å². The van der Waals surface area contributed by atoms with E-state index in [1.807, 2.05) is 53.2 Å². The standard InChI is InChI=1S/C22H21N3O2/c1-4-15-10-12-17(13-11-15)25-14-18-19(20(25)16-8-6-5-7-9-16)21(26)24(3)22(27)23(18)2/h5-14H,4H2,1-3H3. The van der Waals surface area contributed by atoms with Crippen LogP contribution in [-0.2, 0) is 20.5 Å². The highest BCUT2D eigenvalue weighted by atomic mass is 16.2. The van der Waals surface area contributed by atoms with Gasteiger partial charge in [-0.25, -0.2) is 4.79 Å². The Balaban J connectivity index is 2.15. The highest BCUT2D eigenvalue weighted by Crippen LogP contribution is 2.30. The van der Waals surface area contributed by atoms with Crippen molar-refractivity contribution in [2.75, 3.05) is 0 Å². The van der Waals surface area contributed by atoms with Gasteiger partial charge in [0.1, 0.15) is 0 Å². The summed E-state index contributed by atoms with van der Waals surface area (Å²) >= 11 is 0. The maximum Gasteiger partial charge on any atom is 0.330 e. The van der Waals surface area contributed by atoms with Gasteiger partial charge in [-0.05, 0) is 29.7 Å². The zero-order valence-corrected chi connectivity index (χ0v) is 15.6. The van der Waals surface area contributed by atoms with Gasteiger partial charge in [-0.2, -0.15) is 0 Å². The van der Waals surface area contributed by atoms with Crippen molar-refractivity contribution in [1.29, 1.82) is 0 Å². The van der Waals surface area contributed by atoms with Crippen LogP contribution in [0.5, 0.6) is 0 Å². The molecule has 0 spiro atoms. The highest BCUT2D eigenvalue weighted by Gasteiger charge is 2.19. The van der Waals surface area contributed by atoms with E-state index in [4.69, 9.17) is 0 Å². The fourth-order valence-corrected chi connectivity index (χ4v) is 3.52. The van der Waals surface area contributed by atoms with E-state index in [1.54, 1.807) is 7.05 Å². The smallest absolute Gasteiger partial charge is 0.314 e. The van der Waals surface area contributed by atoms with Crippen molar-refractivity contribution in [2.45, 2.75) is 13.3 Å². The van der Waals surface area contributed by atoms with Gasteiger partial charge in [0, 0.05) is 26.0 Å². The molecule has 0 unspecified atom stereocenters. The predicted octanol–water partition coefficient (Wildman–Crippen LogP) is 3.26. The van der Waals surface area contributed by atoms with Gasteiger partial charge in [0.15, 0.2) is 0 Å². The second kappa shape index (κ2) is 6.43. The van der Waals surface area contributed by atoms with Gasteiger partial charge in [0.05, 0.1) is 16.6 Å². The van der Waals surface area contributed by atoms with E-state index >= 15 is 0 Å². The van der Waals surface area contributed by atoms with Crippen LogP contribution in [0, 0.1) is 0 Å². The Labute approximate surface area is 156 Å². The lowest BCUT2D eigenvalue weighted by Crippen LogP contribution is -2.36. The molecule has 0 aliphatic carbocycles. The summed E-state index contributed by atoms with van der Waals surface area (Å²) in [6.45, 7) is 2.12. The third-order valence-corrected chi connectivity index (χ3v) is 5.11. The largest absolute Gasteiger partial charge is 0.330 e. The van der Waals surface area contributed by atoms with Crippen molar-refractivity contribution >= 4 is 10.9 Å². The number of hydrogen-bond acceptors (Lipinski definition) is 2. The summed E-state index contributed by atoms with van der Waals surface area (Å²) in [6.07, 6.45) is 2.84. The van der Waals surface area contributed by atoms with Crippen molar-refractivity contribution in [3.63, 3.8) is 0 Å². The van der Waals surface area contributed by atoms with Crippen molar-refractivity contribution in [2.24, 2.45) is 14.1 Å². The zero-order valence-electron chi connectivity index (χ0n) is 15.6. The summed E-state index contributed by atoms with van der Waals surface area (Å²) in [4.78, 5) is 25.4. The van der Waals surface area contributed by atoms with Gasteiger partial charge in [0.2, 0.25) is 0 Å². The molecule has 2 aromatic heterocycles.